The summed E-state index contributed by atoms with van der Waals surface area (Å²) in [5.41, 5.74) is 4.46. The van der Waals surface area contributed by atoms with Crippen LogP contribution in [0.4, 0.5) is 0 Å². The van der Waals surface area contributed by atoms with Gasteiger partial charge in [-0.05, 0) is 54.7 Å². The van der Waals surface area contributed by atoms with Gasteiger partial charge in [0.2, 0.25) is 0 Å². The third kappa shape index (κ3) is 8.26. The number of rotatable bonds is 13. The zero-order valence-corrected chi connectivity index (χ0v) is 23.1. The number of allylic oxidation sites excluding steroid dienone is 2. The van der Waals surface area contributed by atoms with Gasteiger partial charge in [0.15, 0.2) is 0 Å². The third-order valence-corrected chi connectivity index (χ3v) is 8.25. The Labute approximate surface area is 232 Å². The van der Waals surface area contributed by atoms with E-state index in [1.54, 1.807) is 7.11 Å². The monoisotopic (exact) mass is 533 g/mol. The van der Waals surface area contributed by atoms with Crippen molar-refractivity contribution in [2.75, 3.05) is 7.11 Å². The van der Waals surface area contributed by atoms with Gasteiger partial charge in [-0.2, -0.15) is 0 Å². The Bertz CT molecular complexity index is 1080. The second kappa shape index (κ2) is 15.0. The number of hydrogen-bond acceptors (Lipinski definition) is 5. The van der Waals surface area contributed by atoms with Crippen LogP contribution in [0.1, 0.15) is 69.8 Å². The lowest BCUT2D eigenvalue weighted by Gasteiger charge is -2.31. The molecule has 0 unspecified atom stereocenters. The predicted octanol–water partition coefficient (Wildman–Crippen LogP) is 7.02. The molecule has 4 rings (SSSR count). The van der Waals surface area contributed by atoms with Gasteiger partial charge in [0.05, 0.1) is 24.5 Å². The van der Waals surface area contributed by atoms with Crippen LogP contribution in [0.2, 0.25) is 0 Å². The first-order valence-electron chi connectivity index (χ1n) is 14.5. The summed E-state index contributed by atoms with van der Waals surface area (Å²) in [6, 6.07) is 18.8. The smallest absolute Gasteiger partial charge is 0.303 e. The Hall–Kier alpha value is -2.96. The van der Waals surface area contributed by atoms with Crippen molar-refractivity contribution in [3.63, 3.8) is 0 Å². The van der Waals surface area contributed by atoms with Crippen LogP contribution in [0, 0.1) is 17.8 Å². The summed E-state index contributed by atoms with van der Waals surface area (Å²) < 4.78 is 6.51. The molecule has 2 aromatic rings. The molecule has 2 aromatic carbocycles. The Morgan fingerprint density at radius 3 is 2.41 bits per heavy atom. The van der Waals surface area contributed by atoms with E-state index in [0.717, 1.165) is 37.0 Å². The molecule has 6 heteroatoms. The van der Waals surface area contributed by atoms with Crippen LogP contribution in [-0.2, 0) is 21.0 Å². The number of carboxylic acids is 1. The molecule has 2 fully saturated rings. The molecular formula is C33H43NO5. The average molecular weight is 534 g/mol. The molecule has 0 amide bonds. The molecule has 2 aliphatic rings. The van der Waals surface area contributed by atoms with E-state index in [4.69, 9.17) is 14.7 Å². The summed E-state index contributed by atoms with van der Waals surface area (Å²) in [5.74, 6) is -0.456. The molecule has 39 heavy (non-hydrogen) atoms. The number of carboxylic acid groups (broad SMARTS) is 1. The summed E-state index contributed by atoms with van der Waals surface area (Å²) in [5, 5.41) is 24.7. The summed E-state index contributed by atoms with van der Waals surface area (Å²) in [7, 11) is 1.59. The number of aliphatic hydroxyl groups excluding tert-OH is 1. The molecule has 0 spiro atoms. The number of oxime groups is 1. The number of nitrogens with zero attached hydrogens (tertiary/aromatic N) is 1. The summed E-state index contributed by atoms with van der Waals surface area (Å²) >= 11 is 0. The minimum absolute atomic E-state index is 0.0788. The van der Waals surface area contributed by atoms with Crippen molar-refractivity contribution in [2.45, 2.75) is 83.0 Å². The first-order valence-corrected chi connectivity index (χ1v) is 14.5. The van der Waals surface area contributed by atoms with Gasteiger partial charge < -0.3 is 19.8 Å². The number of aliphatic hydroxyl groups is 1. The SMILES string of the molecule is CON=C(C1CCCCC1)[C@@H]1[C@@H](C/C=C\CCCC(=O)O)[C@@H](OCc2ccc(-c3ccccc3)cc2)C[C@H]1O. The van der Waals surface area contributed by atoms with Gasteiger partial charge in [-0.25, -0.2) is 0 Å². The second-order valence-electron chi connectivity index (χ2n) is 10.9. The maximum Gasteiger partial charge on any atom is 0.303 e. The summed E-state index contributed by atoms with van der Waals surface area (Å²) in [4.78, 5) is 16.2. The molecule has 0 aromatic heterocycles. The number of benzene rings is 2. The van der Waals surface area contributed by atoms with Crippen molar-refractivity contribution in [3.05, 3.63) is 72.3 Å². The van der Waals surface area contributed by atoms with Gasteiger partial charge in [-0.15, -0.1) is 0 Å². The molecule has 210 valence electrons. The normalized spacial score (nSPS) is 24.3. The number of aliphatic carboxylic acids is 1. The highest BCUT2D eigenvalue weighted by Crippen LogP contribution is 2.42. The quantitative estimate of drug-likeness (QED) is 0.125. The van der Waals surface area contributed by atoms with Crippen LogP contribution in [0.3, 0.4) is 0 Å². The van der Waals surface area contributed by atoms with Crippen LogP contribution >= 0.6 is 0 Å². The summed E-state index contributed by atoms with van der Waals surface area (Å²) in [6.07, 6.45) is 12.2. The minimum atomic E-state index is -0.763. The lowest BCUT2D eigenvalue weighted by Crippen LogP contribution is -2.36. The number of carbonyl (C=O) groups is 1. The molecular weight excluding hydrogens is 490 g/mol. The van der Waals surface area contributed by atoms with Crippen molar-refractivity contribution in [1.29, 1.82) is 0 Å². The fraction of sp³-hybridized carbons (Fsp3) is 0.515. The largest absolute Gasteiger partial charge is 0.481 e. The van der Waals surface area contributed by atoms with E-state index in [9.17, 15) is 9.90 Å². The van der Waals surface area contributed by atoms with Crippen molar-refractivity contribution in [2.24, 2.45) is 22.9 Å². The Balaban J connectivity index is 1.46. The number of unbranched alkanes of at least 4 members (excludes halogenated alkanes) is 1. The molecule has 0 radical (unpaired) electrons. The Morgan fingerprint density at radius 2 is 1.72 bits per heavy atom. The third-order valence-electron chi connectivity index (χ3n) is 8.25. The molecule has 0 aliphatic heterocycles. The maximum absolute atomic E-state index is 11.3. The number of ether oxygens (including phenoxy) is 1. The van der Waals surface area contributed by atoms with E-state index in [0.29, 0.717) is 25.4 Å². The van der Waals surface area contributed by atoms with E-state index >= 15 is 0 Å². The van der Waals surface area contributed by atoms with Crippen LogP contribution in [0.15, 0.2) is 71.9 Å². The first kappa shape index (κ1) is 29.0. The van der Waals surface area contributed by atoms with E-state index in [-0.39, 0.29) is 24.4 Å². The standard InChI is InChI=1S/C33H43NO5/c1-38-34-33(27-14-8-5-9-15-27)32-28(16-10-2-3-11-17-31(36)37)30(22-29(32)35)39-23-24-18-20-26(21-19-24)25-12-6-4-7-13-25/h2,4,6-7,10,12-13,18-21,27-30,32,35H,3,5,8-9,11,14-17,22-23H2,1H3,(H,36,37)/b10-2-,34-33?/t28-,29+,30-,32+/m0/s1. The van der Waals surface area contributed by atoms with Gasteiger partial charge >= 0.3 is 5.97 Å². The zero-order chi connectivity index (χ0) is 27.5. The van der Waals surface area contributed by atoms with Crippen LogP contribution < -0.4 is 0 Å². The van der Waals surface area contributed by atoms with Gasteiger partial charge in [0.25, 0.3) is 0 Å². The van der Waals surface area contributed by atoms with E-state index in [2.05, 4.69) is 53.7 Å². The topological polar surface area (TPSA) is 88.4 Å². The molecule has 2 N–H and O–H groups in total. The van der Waals surface area contributed by atoms with E-state index in [1.165, 1.54) is 30.4 Å². The van der Waals surface area contributed by atoms with Gasteiger partial charge in [0, 0.05) is 24.7 Å². The molecule has 2 saturated carbocycles. The zero-order valence-electron chi connectivity index (χ0n) is 23.1. The van der Waals surface area contributed by atoms with E-state index in [1.807, 2.05) is 18.2 Å². The van der Waals surface area contributed by atoms with Gasteiger partial charge in [0.1, 0.15) is 7.11 Å². The highest BCUT2D eigenvalue weighted by atomic mass is 16.6. The molecule has 0 saturated heterocycles. The van der Waals surface area contributed by atoms with Crippen LogP contribution in [-0.4, -0.2) is 41.2 Å². The maximum atomic E-state index is 11.3. The fourth-order valence-electron chi connectivity index (χ4n) is 6.26. The van der Waals surface area contributed by atoms with Gasteiger partial charge in [-0.3, -0.25) is 4.79 Å². The molecule has 0 heterocycles. The van der Waals surface area contributed by atoms with E-state index < -0.39 is 12.1 Å². The highest BCUT2D eigenvalue weighted by Gasteiger charge is 2.47. The molecule has 6 nitrogen and oxygen atoms in total. The highest BCUT2D eigenvalue weighted by molar-refractivity contribution is 5.90. The minimum Gasteiger partial charge on any atom is -0.481 e. The van der Waals surface area contributed by atoms with Gasteiger partial charge in [-0.1, -0.05) is 91.2 Å². The lowest BCUT2D eigenvalue weighted by atomic mass is 9.76. The predicted molar refractivity (Wildman–Crippen MR) is 154 cm³/mol. The van der Waals surface area contributed by atoms with Crippen LogP contribution in [0.5, 0.6) is 0 Å². The first-order chi connectivity index (χ1) is 19.1. The fourth-order valence-corrected chi connectivity index (χ4v) is 6.26. The van der Waals surface area contributed by atoms with Crippen molar-refractivity contribution >= 4 is 11.7 Å². The Morgan fingerprint density at radius 1 is 1.00 bits per heavy atom. The summed E-state index contributed by atoms with van der Waals surface area (Å²) in [6.45, 7) is 0.484. The molecule has 4 atom stereocenters. The van der Waals surface area contributed by atoms with Crippen molar-refractivity contribution < 1.29 is 24.6 Å². The molecule has 2 aliphatic carbocycles. The lowest BCUT2D eigenvalue weighted by molar-refractivity contribution is -0.137. The van der Waals surface area contributed by atoms with Crippen LogP contribution in [0.25, 0.3) is 11.1 Å². The molecule has 0 bridgehead atoms. The Kier molecular flexibility index (Phi) is 11.2. The second-order valence-corrected chi connectivity index (χ2v) is 10.9. The van der Waals surface area contributed by atoms with Crippen molar-refractivity contribution in [1.82, 2.24) is 0 Å². The van der Waals surface area contributed by atoms with Crippen molar-refractivity contribution in [3.8, 4) is 11.1 Å². The average Bonchev–Trinajstić information content (AvgIpc) is 3.27. The number of hydrogen-bond donors (Lipinski definition) is 2.